The van der Waals surface area contributed by atoms with Gasteiger partial charge in [0.05, 0.1) is 6.61 Å². The van der Waals surface area contributed by atoms with Crippen LogP contribution in [0.1, 0.15) is 11.1 Å². The average molecular weight is 111 g/mol. The van der Waals surface area contributed by atoms with Crippen LogP contribution in [0.4, 0.5) is 0 Å². The summed E-state index contributed by atoms with van der Waals surface area (Å²) in [5.74, 6) is 0. The fourth-order valence-corrected chi connectivity index (χ4v) is 0.644. The highest BCUT2D eigenvalue weighted by atomic mass is 16.3. The summed E-state index contributed by atoms with van der Waals surface area (Å²) in [6.45, 7) is 2.09. The van der Waals surface area contributed by atoms with E-state index in [0.29, 0.717) is 0 Å². The Morgan fingerprint density at radius 1 is 1.62 bits per heavy atom. The van der Waals surface area contributed by atoms with Crippen molar-refractivity contribution in [2.45, 2.75) is 13.5 Å². The van der Waals surface area contributed by atoms with Crippen LogP contribution in [0.5, 0.6) is 0 Å². The van der Waals surface area contributed by atoms with Crippen LogP contribution in [0.15, 0.2) is 12.4 Å². The van der Waals surface area contributed by atoms with Crippen LogP contribution in [-0.4, -0.2) is 10.1 Å². The summed E-state index contributed by atoms with van der Waals surface area (Å²) in [5, 5.41) is 8.59. The minimum absolute atomic E-state index is 0.134. The highest BCUT2D eigenvalue weighted by Gasteiger charge is 1.92. The number of aliphatic hydroxyl groups is 1. The van der Waals surface area contributed by atoms with Gasteiger partial charge in [0.25, 0.3) is 0 Å². The zero-order chi connectivity index (χ0) is 5.98. The topological polar surface area (TPSA) is 36.0 Å². The van der Waals surface area contributed by atoms with Crippen molar-refractivity contribution >= 4 is 0 Å². The van der Waals surface area contributed by atoms with E-state index in [1.165, 1.54) is 0 Å². The Hall–Kier alpha value is -0.760. The van der Waals surface area contributed by atoms with Crippen molar-refractivity contribution in [3.05, 3.63) is 23.5 Å². The van der Waals surface area contributed by atoms with Crippen molar-refractivity contribution in [3.63, 3.8) is 0 Å². The number of nitrogens with one attached hydrogen (secondary N) is 1. The summed E-state index contributed by atoms with van der Waals surface area (Å²) < 4.78 is 0. The van der Waals surface area contributed by atoms with Gasteiger partial charge in [-0.1, -0.05) is 0 Å². The Labute approximate surface area is 48.2 Å². The highest BCUT2D eigenvalue weighted by molar-refractivity contribution is 5.19. The summed E-state index contributed by atoms with van der Waals surface area (Å²) in [6, 6.07) is 0. The molecule has 0 atom stereocenters. The van der Waals surface area contributed by atoms with Crippen LogP contribution < -0.4 is 0 Å². The van der Waals surface area contributed by atoms with Gasteiger partial charge in [0.1, 0.15) is 0 Å². The molecule has 0 saturated carbocycles. The van der Waals surface area contributed by atoms with Gasteiger partial charge in [-0.2, -0.15) is 0 Å². The first-order valence-electron chi connectivity index (χ1n) is 2.57. The summed E-state index contributed by atoms with van der Waals surface area (Å²) in [7, 11) is 0. The van der Waals surface area contributed by atoms with E-state index in [4.69, 9.17) is 5.11 Å². The number of hydrogen-bond acceptors (Lipinski definition) is 1. The minimum atomic E-state index is 0.134. The molecule has 2 nitrogen and oxygen atoms in total. The van der Waals surface area contributed by atoms with Gasteiger partial charge in [-0.25, -0.2) is 0 Å². The Morgan fingerprint density at radius 2 is 2.38 bits per heavy atom. The lowest BCUT2D eigenvalue weighted by atomic mass is 10.2. The first-order chi connectivity index (χ1) is 3.84. The molecule has 0 bridgehead atoms. The Morgan fingerprint density at radius 3 is 2.62 bits per heavy atom. The van der Waals surface area contributed by atoms with Crippen molar-refractivity contribution < 1.29 is 5.11 Å². The molecule has 0 spiro atoms. The second-order valence-corrected chi connectivity index (χ2v) is 1.82. The van der Waals surface area contributed by atoms with Gasteiger partial charge in [-0.05, 0) is 18.1 Å². The predicted octanol–water partition coefficient (Wildman–Crippen LogP) is 0.815. The third kappa shape index (κ3) is 0.746. The highest BCUT2D eigenvalue weighted by Crippen LogP contribution is 2.03. The zero-order valence-electron chi connectivity index (χ0n) is 4.81. The van der Waals surface area contributed by atoms with Crippen molar-refractivity contribution in [1.82, 2.24) is 4.98 Å². The van der Waals surface area contributed by atoms with E-state index in [9.17, 15) is 0 Å². The van der Waals surface area contributed by atoms with Crippen LogP contribution in [0.2, 0.25) is 0 Å². The number of aliphatic hydroxyl groups excluding tert-OH is 1. The SMILES string of the molecule is Cc1c[nH]cc1CO. The molecule has 0 aliphatic heterocycles. The molecule has 44 valence electrons. The van der Waals surface area contributed by atoms with Gasteiger partial charge < -0.3 is 10.1 Å². The van der Waals surface area contributed by atoms with E-state index in [1.807, 2.05) is 13.1 Å². The molecule has 0 aliphatic rings. The average Bonchev–Trinajstić information content (AvgIpc) is 2.14. The molecular weight excluding hydrogens is 102 g/mol. The Bertz CT molecular complexity index is 169. The molecule has 0 fully saturated rings. The molecule has 1 heterocycles. The minimum Gasteiger partial charge on any atom is -0.392 e. The van der Waals surface area contributed by atoms with E-state index in [0.717, 1.165) is 11.1 Å². The van der Waals surface area contributed by atoms with Crippen molar-refractivity contribution in [2.75, 3.05) is 0 Å². The molecule has 1 rings (SSSR count). The van der Waals surface area contributed by atoms with Crippen molar-refractivity contribution in [2.24, 2.45) is 0 Å². The Kier molecular flexibility index (Phi) is 1.35. The van der Waals surface area contributed by atoms with E-state index in [1.54, 1.807) is 6.20 Å². The predicted molar refractivity (Wildman–Crippen MR) is 31.5 cm³/mol. The molecule has 0 saturated heterocycles. The molecule has 2 heteroatoms. The summed E-state index contributed by atoms with van der Waals surface area (Å²) in [4.78, 5) is 2.89. The van der Waals surface area contributed by atoms with E-state index < -0.39 is 0 Å². The zero-order valence-corrected chi connectivity index (χ0v) is 4.81. The van der Waals surface area contributed by atoms with Gasteiger partial charge in [0.15, 0.2) is 0 Å². The van der Waals surface area contributed by atoms with Crippen molar-refractivity contribution in [1.29, 1.82) is 0 Å². The van der Waals surface area contributed by atoms with E-state index in [-0.39, 0.29) is 6.61 Å². The number of hydrogen-bond donors (Lipinski definition) is 2. The molecule has 8 heavy (non-hydrogen) atoms. The maximum atomic E-state index is 8.59. The molecule has 1 aromatic heterocycles. The smallest absolute Gasteiger partial charge is 0.0699 e. The lowest BCUT2D eigenvalue weighted by Gasteiger charge is -1.87. The number of rotatable bonds is 1. The standard InChI is InChI=1S/C6H9NO/c1-5-2-7-3-6(5)4-8/h2-3,7-8H,4H2,1H3. The lowest BCUT2D eigenvalue weighted by molar-refractivity contribution is 0.281. The third-order valence-corrected chi connectivity index (χ3v) is 1.23. The second kappa shape index (κ2) is 2.01. The largest absolute Gasteiger partial charge is 0.392 e. The molecule has 0 aliphatic carbocycles. The maximum absolute atomic E-state index is 8.59. The summed E-state index contributed by atoms with van der Waals surface area (Å²) >= 11 is 0. The molecule has 0 unspecified atom stereocenters. The van der Waals surface area contributed by atoms with Crippen LogP contribution in [0.3, 0.4) is 0 Å². The normalized spacial score (nSPS) is 9.75. The Balaban J connectivity index is 2.92. The van der Waals surface area contributed by atoms with Crippen LogP contribution in [0.25, 0.3) is 0 Å². The number of H-pyrrole nitrogens is 1. The molecule has 0 aromatic carbocycles. The van der Waals surface area contributed by atoms with Gasteiger partial charge in [0.2, 0.25) is 0 Å². The van der Waals surface area contributed by atoms with Crippen molar-refractivity contribution in [3.8, 4) is 0 Å². The first kappa shape index (κ1) is 5.38. The van der Waals surface area contributed by atoms with E-state index in [2.05, 4.69) is 4.98 Å². The fourth-order valence-electron chi connectivity index (χ4n) is 0.644. The number of aromatic nitrogens is 1. The third-order valence-electron chi connectivity index (χ3n) is 1.23. The quantitative estimate of drug-likeness (QED) is 0.553. The van der Waals surface area contributed by atoms with Crippen LogP contribution in [0, 0.1) is 6.92 Å². The number of aryl methyl sites for hydroxylation is 1. The molecule has 1 aromatic rings. The second-order valence-electron chi connectivity index (χ2n) is 1.82. The maximum Gasteiger partial charge on any atom is 0.0699 e. The molecular formula is C6H9NO. The monoisotopic (exact) mass is 111 g/mol. The lowest BCUT2D eigenvalue weighted by Crippen LogP contribution is -1.79. The fraction of sp³-hybridized carbons (Fsp3) is 0.333. The van der Waals surface area contributed by atoms with Crippen LogP contribution >= 0.6 is 0 Å². The summed E-state index contributed by atoms with van der Waals surface area (Å²) in [6.07, 6.45) is 3.67. The molecule has 0 radical (unpaired) electrons. The van der Waals surface area contributed by atoms with Gasteiger partial charge in [0, 0.05) is 12.4 Å². The van der Waals surface area contributed by atoms with Gasteiger partial charge in [-0.15, -0.1) is 0 Å². The van der Waals surface area contributed by atoms with Crippen LogP contribution in [-0.2, 0) is 6.61 Å². The van der Waals surface area contributed by atoms with E-state index >= 15 is 0 Å². The molecule has 2 N–H and O–H groups in total. The van der Waals surface area contributed by atoms with Gasteiger partial charge in [-0.3, -0.25) is 0 Å². The summed E-state index contributed by atoms with van der Waals surface area (Å²) in [5.41, 5.74) is 2.09. The van der Waals surface area contributed by atoms with Gasteiger partial charge >= 0.3 is 0 Å². The molecule has 0 amide bonds. The first-order valence-corrected chi connectivity index (χ1v) is 2.57. The number of aromatic amines is 1.